The van der Waals surface area contributed by atoms with Crippen LogP contribution in [0.15, 0.2) is 24.3 Å². The van der Waals surface area contributed by atoms with Gasteiger partial charge in [0.25, 0.3) is 0 Å². The van der Waals surface area contributed by atoms with Crippen LogP contribution in [0.2, 0.25) is 0 Å². The van der Waals surface area contributed by atoms with Crippen LogP contribution < -0.4 is 5.32 Å². The second-order valence-electron chi connectivity index (χ2n) is 4.57. The van der Waals surface area contributed by atoms with Crippen molar-refractivity contribution in [2.45, 2.75) is 32.1 Å². The number of anilines is 1. The molecular weight excluding hydrogens is 302 g/mol. The van der Waals surface area contributed by atoms with Crippen molar-refractivity contribution in [3.63, 3.8) is 0 Å². The van der Waals surface area contributed by atoms with Crippen LogP contribution in [-0.2, 0) is 19.1 Å². The standard InChI is InChI=1S/C16H23NO4S/c1-5-20-15(18)11(3)17-13-10-8-7-9-12(13)14(22-4)16(19)21-6-2/h7-11,14,17H,5-6H2,1-4H3. The molecule has 0 radical (unpaired) electrons. The Labute approximate surface area is 135 Å². The highest BCUT2D eigenvalue weighted by atomic mass is 32.2. The van der Waals surface area contributed by atoms with Crippen LogP contribution in [0.25, 0.3) is 0 Å². The fraction of sp³-hybridized carbons (Fsp3) is 0.500. The number of benzene rings is 1. The molecule has 0 aliphatic rings. The van der Waals surface area contributed by atoms with E-state index in [0.29, 0.717) is 13.2 Å². The average molecular weight is 325 g/mol. The number of esters is 2. The Hall–Kier alpha value is -1.69. The fourth-order valence-corrected chi connectivity index (χ4v) is 2.70. The molecule has 1 rings (SSSR count). The van der Waals surface area contributed by atoms with E-state index in [2.05, 4.69) is 5.32 Å². The number of hydrogen-bond donors (Lipinski definition) is 1. The number of rotatable bonds is 8. The largest absolute Gasteiger partial charge is 0.465 e. The first-order valence-electron chi connectivity index (χ1n) is 7.26. The molecule has 22 heavy (non-hydrogen) atoms. The molecule has 0 spiro atoms. The van der Waals surface area contributed by atoms with Gasteiger partial charge in [0.15, 0.2) is 0 Å². The van der Waals surface area contributed by atoms with Gasteiger partial charge in [-0.3, -0.25) is 4.79 Å². The summed E-state index contributed by atoms with van der Waals surface area (Å²) < 4.78 is 10.1. The van der Waals surface area contributed by atoms with E-state index in [1.807, 2.05) is 30.5 Å². The predicted molar refractivity (Wildman–Crippen MR) is 89.0 cm³/mol. The third kappa shape index (κ3) is 4.94. The molecule has 0 heterocycles. The van der Waals surface area contributed by atoms with E-state index < -0.39 is 11.3 Å². The van der Waals surface area contributed by atoms with Gasteiger partial charge in [0.1, 0.15) is 11.3 Å². The minimum Gasteiger partial charge on any atom is -0.465 e. The molecule has 0 aromatic heterocycles. The van der Waals surface area contributed by atoms with Gasteiger partial charge in [0, 0.05) is 5.69 Å². The Morgan fingerprint density at radius 1 is 1.14 bits per heavy atom. The van der Waals surface area contributed by atoms with E-state index in [4.69, 9.17) is 9.47 Å². The Bertz CT molecular complexity index is 507. The lowest BCUT2D eigenvalue weighted by molar-refractivity contribution is -0.144. The summed E-state index contributed by atoms with van der Waals surface area (Å²) in [7, 11) is 0. The maximum Gasteiger partial charge on any atom is 0.328 e. The minimum atomic E-state index is -0.495. The molecule has 0 aliphatic carbocycles. The van der Waals surface area contributed by atoms with Crippen molar-refractivity contribution in [1.29, 1.82) is 0 Å². The molecule has 2 unspecified atom stereocenters. The number of nitrogens with one attached hydrogen (secondary N) is 1. The number of thioether (sulfide) groups is 1. The third-order valence-electron chi connectivity index (χ3n) is 2.99. The summed E-state index contributed by atoms with van der Waals surface area (Å²) >= 11 is 1.40. The Morgan fingerprint density at radius 3 is 2.32 bits per heavy atom. The summed E-state index contributed by atoms with van der Waals surface area (Å²) in [4.78, 5) is 23.8. The summed E-state index contributed by atoms with van der Waals surface area (Å²) in [6, 6.07) is 6.92. The van der Waals surface area contributed by atoms with Crippen molar-refractivity contribution in [2.75, 3.05) is 24.8 Å². The van der Waals surface area contributed by atoms with Crippen LogP contribution in [0.4, 0.5) is 5.69 Å². The molecule has 0 fully saturated rings. The van der Waals surface area contributed by atoms with Gasteiger partial charge < -0.3 is 14.8 Å². The number of para-hydroxylation sites is 1. The molecule has 5 nitrogen and oxygen atoms in total. The van der Waals surface area contributed by atoms with Crippen molar-refractivity contribution >= 4 is 29.4 Å². The second kappa shape index (κ2) is 9.35. The summed E-state index contributed by atoms with van der Waals surface area (Å²) in [5, 5.41) is 2.68. The summed E-state index contributed by atoms with van der Waals surface area (Å²) in [6.07, 6.45) is 1.85. The van der Waals surface area contributed by atoms with Crippen molar-refractivity contribution in [3.05, 3.63) is 29.8 Å². The first-order valence-corrected chi connectivity index (χ1v) is 8.55. The lowest BCUT2D eigenvalue weighted by atomic mass is 10.1. The fourth-order valence-electron chi connectivity index (χ4n) is 1.98. The van der Waals surface area contributed by atoms with Crippen LogP contribution in [0.1, 0.15) is 31.6 Å². The summed E-state index contributed by atoms with van der Waals surface area (Å²) in [6.45, 7) is 5.95. The van der Waals surface area contributed by atoms with Crippen molar-refractivity contribution in [2.24, 2.45) is 0 Å². The van der Waals surface area contributed by atoms with Gasteiger partial charge in [-0.2, -0.15) is 0 Å². The monoisotopic (exact) mass is 325 g/mol. The SMILES string of the molecule is CCOC(=O)C(C)Nc1ccccc1C(SC)C(=O)OCC. The van der Waals surface area contributed by atoms with Crippen LogP contribution >= 0.6 is 11.8 Å². The number of carbonyl (C=O) groups excluding carboxylic acids is 2. The first-order chi connectivity index (χ1) is 10.5. The van der Waals surface area contributed by atoms with Gasteiger partial charge >= 0.3 is 11.9 Å². The lowest BCUT2D eigenvalue weighted by Crippen LogP contribution is -2.29. The van der Waals surface area contributed by atoms with Gasteiger partial charge in [0.2, 0.25) is 0 Å². The summed E-state index contributed by atoms with van der Waals surface area (Å²) in [5.74, 6) is -0.609. The third-order valence-corrected chi connectivity index (χ3v) is 3.91. The van der Waals surface area contributed by atoms with E-state index in [1.54, 1.807) is 20.8 Å². The Morgan fingerprint density at radius 2 is 1.73 bits per heavy atom. The molecule has 0 saturated heterocycles. The highest BCUT2D eigenvalue weighted by molar-refractivity contribution is 7.99. The molecule has 1 aromatic carbocycles. The van der Waals surface area contributed by atoms with E-state index in [1.165, 1.54) is 11.8 Å². The summed E-state index contributed by atoms with van der Waals surface area (Å²) in [5.41, 5.74) is 1.53. The van der Waals surface area contributed by atoms with E-state index in [0.717, 1.165) is 11.3 Å². The van der Waals surface area contributed by atoms with Gasteiger partial charge in [-0.25, -0.2) is 4.79 Å². The van der Waals surface area contributed by atoms with Crippen molar-refractivity contribution < 1.29 is 19.1 Å². The van der Waals surface area contributed by atoms with E-state index in [9.17, 15) is 9.59 Å². The lowest BCUT2D eigenvalue weighted by Gasteiger charge is -2.20. The van der Waals surface area contributed by atoms with Crippen LogP contribution in [0, 0.1) is 0 Å². The highest BCUT2D eigenvalue weighted by Crippen LogP contribution is 2.33. The predicted octanol–water partition coefficient (Wildman–Crippen LogP) is 3.02. The number of carbonyl (C=O) groups is 2. The van der Waals surface area contributed by atoms with Gasteiger partial charge in [-0.15, -0.1) is 11.8 Å². The Kier molecular flexibility index (Phi) is 7.80. The molecule has 1 aromatic rings. The Balaban J connectivity index is 2.97. The average Bonchev–Trinajstić information content (AvgIpc) is 2.50. The quantitative estimate of drug-likeness (QED) is 0.741. The molecule has 0 bridgehead atoms. The smallest absolute Gasteiger partial charge is 0.328 e. The molecule has 0 amide bonds. The molecule has 2 atom stereocenters. The second-order valence-corrected chi connectivity index (χ2v) is 5.52. The first kappa shape index (κ1) is 18.4. The molecular formula is C16H23NO4S. The van der Waals surface area contributed by atoms with Crippen molar-refractivity contribution in [3.8, 4) is 0 Å². The maximum atomic E-state index is 12.1. The van der Waals surface area contributed by atoms with Crippen LogP contribution in [0.3, 0.4) is 0 Å². The van der Waals surface area contributed by atoms with Crippen LogP contribution in [-0.4, -0.2) is 37.4 Å². The molecule has 0 aliphatic heterocycles. The topological polar surface area (TPSA) is 64.6 Å². The molecule has 6 heteroatoms. The zero-order valence-electron chi connectivity index (χ0n) is 13.4. The zero-order chi connectivity index (χ0) is 16.5. The molecule has 1 N–H and O–H groups in total. The zero-order valence-corrected chi connectivity index (χ0v) is 14.2. The molecule has 122 valence electrons. The van der Waals surface area contributed by atoms with E-state index in [-0.39, 0.29) is 11.9 Å². The number of hydrogen-bond acceptors (Lipinski definition) is 6. The van der Waals surface area contributed by atoms with Crippen molar-refractivity contribution in [1.82, 2.24) is 0 Å². The van der Waals surface area contributed by atoms with Gasteiger partial charge in [-0.05, 0) is 38.7 Å². The van der Waals surface area contributed by atoms with E-state index >= 15 is 0 Å². The van der Waals surface area contributed by atoms with Gasteiger partial charge in [-0.1, -0.05) is 18.2 Å². The number of ether oxygens (including phenoxy) is 2. The molecule has 0 saturated carbocycles. The highest BCUT2D eigenvalue weighted by Gasteiger charge is 2.25. The minimum absolute atomic E-state index is 0.284. The van der Waals surface area contributed by atoms with Gasteiger partial charge in [0.05, 0.1) is 13.2 Å². The van der Waals surface area contributed by atoms with Crippen LogP contribution in [0.5, 0.6) is 0 Å². The normalized spacial score (nSPS) is 13.1. The maximum absolute atomic E-state index is 12.1.